The summed E-state index contributed by atoms with van der Waals surface area (Å²) in [4.78, 5) is 19.7. The van der Waals surface area contributed by atoms with Crippen molar-refractivity contribution >= 4 is 11.6 Å². The van der Waals surface area contributed by atoms with Gasteiger partial charge >= 0.3 is 0 Å². The molecule has 0 radical (unpaired) electrons. The second-order valence-corrected chi connectivity index (χ2v) is 7.08. The Balaban J connectivity index is 1.46. The zero-order valence-electron chi connectivity index (χ0n) is 15.2. The Kier molecular flexibility index (Phi) is 3.77. The lowest BCUT2D eigenvalue weighted by Crippen LogP contribution is -2.31. The fraction of sp³-hybridized carbons (Fsp3) is 0.333. The van der Waals surface area contributed by atoms with Gasteiger partial charge in [0.1, 0.15) is 24.6 Å². The Bertz CT molecular complexity index is 1030. The molecule has 27 heavy (non-hydrogen) atoms. The Morgan fingerprint density at radius 2 is 2.00 bits per heavy atom. The van der Waals surface area contributed by atoms with Crippen LogP contribution in [-0.2, 0) is 0 Å². The van der Waals surface area contributed by atoms with Crippen molar-refractivity contribution in [1.82, 2.24) is 14.3 Å². The highest BCUT2D eigenvalue weighted by atomic mass is 16.6. The number of aryl methyl sites for hydroxylation is 1. The van der Waals surface area contributed by atoms with Crippen molar-refractivity contribution in [3.63, 3.8) is 0 Å². The van der Waals surface area contributed by atoms with E-state index >= 15 is 0 Å². The van der Waals surface area contributed by atoms with Crippen molar-refractivity contribution in [2.24, 2.45) is 0 Å². The lowest BCUT2D eigenvalue weighted by molar-refractivity contribution is 0.0730. The highest BCUT2D eigenvalue weighted by Crippen LogP contribution is 2.38. The Morgan fingerprint density at radius 1 is 1.15 bits per heavy atom. The van der Waals surface area contributed by atoms with Crippen LogP contribution in [0.3, 0.4) is 0 Å². The van der Waals surface area contributed by atoms with Crippen LogP contribution in [0.1, 0.15) is 40.6 Å². The van der Waals surface area contributed by atoms with Crippen LogP contribution in [0.2, 0.25) is 0 Å². The normalized spacial score (nSPS) is 18.9. The number of likely N-dealkylation sites (tertiary alicyclic amines) is 1. The van der Waals surface area contributed by atoms with Gasteiger partial charge in [0.25, 0.3) is 5.91 Å². The van der Waals surface area contributed by atoms with E-state index < -0.39 is 0 Å². The van der Waals surface area contributed by atoms with Crippen molar-refractivity contribution in [2.75, 3.05) is 19.8 Å². The standard InChI is InChI=1S/C21H21N3O3/c1-14-4-2-6-20-22-16(13-24(14)20)21(25)23-9-3-5-17(23)15-7-8-18-19(12-15)27-11-10-26-18/h2,4,6-8,12-13,17H,3,5,9-11H2,1H3/t17-/m0/s1. The SMILES string of the molecule is Cc1cccc2nc(C(=O)N3CCC[C@H]3c3ccc4c(c3)OCCO4)cn12. The quantitative estimate of drug-likeness (QED) is 0.700. The molecule has 3 aromatic rings. The third-order valence-electron chi connectivity index (χ3n) is 5.38. The summed E-state index contributed by atoms with van der Waals surface area (Å²) < 4.78 is 13.3. The number of pyridine rings is 1. The molecule has 2 aromatic heterocycles. The largest absolute Gasteiger partial charge is 0.486 e. The number of amides is 1. The molecule has 0 saturated carbocycles. The number of ether oxygens (including phenoxy) is 2. The summed E-state index contributed by atoms with van der Waals surface area (Å²) in [5.41, 5.74) is 3.44. The molecule has 1 amide bonds. The van der Waals surface area contributed by atoms with Gasteiger partial charge in [0.05, 0.1) is 6.04 Å². The second kappa shape index (κ2) is 6.30. The first kappa shape index (κ1) is 16.2. The number of nitrogens with zero attached hydrogens (tertiary/aromatic N) is 3. The van der Waals surface area contributed by atoms with Crippen molar-refractivity contribution in [3.05, 3.63) is 59.5 Å². The van der Waals surface area contributed by atoms with Gasteiger partial charge < -0.3 is 18.8 Å². The molecule has 0 unspecified atom stereocenters. The van der Waals surface area contributed by atoms with Gasteiger partial charge in [0.15, 0.2) is 11.5 Å². The Hall–Kier alpha value is -3.02. The van der Waals surface area contributed by atoms with E-state index in [9.17, 15) is 4.79 Å². The van der Waals surface area contributed by atoms with Crippen molar-refractivity contribution in [1.29, 1.82) is 0 Å². The number of fused-ring (bicyclic) bond motifs is 2. The van der Waals surface area contributed by atoms with Gasteiger partial charge in [-0.1, -0.05) is 12.1 Å². The molecule has 0 aliphatic carbocycles. The molecule has 1 fully saturated rings. The maximum atomic E-state index is 13.2. The minimum atomic E-state index is -0.0181. The van der Waals surface area contributed by atoms with Gasteiger partial charge in [-0.2, -0.15) is 0 Å². The van der Waals surface area contributed by atoms with Crippen LogP contribution in [0.25, 0.3) is 5.65 Å². The minimum Gasteiger partial charge on any atom is -0.486 e. The van der Waals surface area contributed by atoms with Gasteiger partial charge in [-0.05, 0) is 49.6 Å². The van der Waals surface area contributed by atoms with Crippen molar-refractivity contribution in [3.8, 4) is 11.5 Å². The first-order valence-corrected chi connectivity index (χ1v) is 9.36. The molecule has 1 aromatic carbocycles. The number of rotatable bonds is 2. The zero-order chi connectivity index (χ0) is 18.4. The monoisotopic (exact) mass is 363 g/mol. The first-order valence-electron chi connectivity index (χ1n) is 9.36. The molecule has 0 N–H and O–H groups in total. The highest BCUT2D eigenvalue weighted by Gasteiger charge is 2.32. The zero-order valence-corrected chi connectivity index (χ0v) is 15.2. The lowest BCUT2D eigenvalue weighted by atomic mass is 10.0. The molecule has 1 saturated heterocycles. The van der Waals surface area contributed by atoms with Crippen LogP contribution in [-0.4, -0.2) is 40.0 Å². The number of hydrogen-bond acceptors (Lipinski definition) is 4. The summed E-state index contributed by atoms with van der Waals surface area (Å²) >= 11 is 0. The van der Waals surface area contributed by atoms with E-state index in [-0.39, 0.29) is 11.9 Å². The molecule has 2 aliphatic rings. The molecule has 2 aliphatic heterocycles. The summed E-state index contributed by atoms with van der Waals surface area (Å²) in [6.07, 6.45) is 3.77. The third-order valence-corrected chi connectivity index (χ3v) is 5.38. The topological polar surface area (TPSA) is 56.1 Å². The Morgan fingerprint density at radius 3 is 2.85 bits per heavy atom. The number of hydrogen-bond donors (Lipinski definition) is 0. The molecule has 6 nitrogen and oxygen atoms in total. The van der Waals surface area contributed by atoms with E-state index in [4.69, 9.17) is 9.47 Å². The van der Waals surface area contributed by atoms with Crippen LogP contribution in [0, 0.1) is 6.92 Å². The van der Waals surface area contributed by atoms with Gasteiger partial charge in [0.2, 0.25) is 0 Å². The maximum Gasteiger partial charge on any atom is 0.274 e. The average Bonchev–Trinajstić information content (AvgIpc) is 3.35. The molecule has 138 valence electrons. The highest BCUT2D eigenvalue weighted by molar-refractivity contribution is 5.93. The van der Waals surface area contributed by atoms with Gasteiger partial charge in [-0.3, -0.25) is 4.79 Å². The summed E-state index contributed by atoms with van der Waals surface area (Å²) in [7, 11) is 0. The number of imidazole rings is 1. The number of carbonyl (C=O) groups is 1. The lowest BCUT2D eigenvalue weighted by Gasteiger charge is -2.26. The second-order valence-electron chi connectivity index (χ2n) is 7.08. The van der Waals surface area contributed by atoms with E-state index in [0.29, 0.717) is 18.9 Å². The number of benzene rings is 1. The minimum absolute atomic E-state index is 0.0181. The number of aromatic nitrogens is 2. The van der Waals surface area contributed by atoms with Gasteiger partial charge in [-0.15, -0.1) is 0 Å². The van der Waals surface area contributed by atoms with Gasteiger partial charge in [-0.25, -0.2) is 4.98 Å². The first-order chi connectivity index (χ1) is 13.2. The molecule has 5 rings (SSSR count). The van der Waals surface area contributed by atoms with Gasteiger partial charge in [0, 0.05) is 18.4 Å². The average molecular weight is 363 g/mol. The van der Waals surface area contributed by atoms with E-state index in [1.165, 1.54) is 0 Å². The van der Waals surface area contributed by atoms with E-state index in [1.807, 2.05) is 58.8 Å². The smallest absolute Gasteiger partial charge is 0.274 e. The van der Waals surface area contributed by atoms with E-state index in [1.54, 1.807) is 0 Å². The molecule has 0 spiro atoms. The third kappa shape index (κ3) is 2.72. The van der Waals surface area contributed by atoms with Crippen LogP contribution in [0.4, 0.5) is 0 Å². The van der Waals surface area contributed by atoms with Crippen LogP contribution < -0.4 is 9.47 Å². The summed E-state index contributed by atoms with van der Waals surface area (Å²) in [5, 5.41) is 0. The van der Waals surface area contributed by atoms with E-state index in [2.05, 4.69) is 4.98 Å². The molecule has 4 heterocycles. The molecular weight excluding hydrogens is 342 g/mol. The van der Waals surface area contributed by atoms with Crippen molar-refractivity contribution in [2.45, 2.75) is 25.8 Å². The summed E-state index contributed by atoms with van der Waals surface area (Å²) in [6.45, 7) is 3.89. The summed E-state index contributed by atoms with van der Waals surface area (Å²) in [5.74, 6) is 1.52. The fourth-order valence-electron chi connectivity index (χ4n) is 4.02. The Labute approximate surface area is 157 Å². The van der Waals surface area contributed by atoms with Crippen LogP contribution in [0.15, 0.2) is 42.6 Å². The van der Waals surface area contributed by atoms with Crippen LogP contribution in [0.5, 0.6) is 11.5 Å². The molecular formula is C21H21N3O3. The molecule has 0 bridgehead atoms. The molecule has 1 atom stereocenters. The van der Waals surface area contributed by atoms with Crippen molar-refractivity contribution < 1.29 is 14.3 Å². The fourth-order valence-corrected chi connectivity index (χ4v) is 4.02. The predicted molar refractivity (Wildman–Crippen MR) is 100 cm³/mol. The van der Waals surface area contributed by atoms with Crippen LogP contribution >= 0.6 is 0 Å². The summed E-state index contributed by atoms with van der Waals surface area (Å²) in [6, 6.07) is 11.9. The predicted octanol–water partition coefficient (Wildman–Crippen LogP) is 3.39. The molecule has 6 heteroatoms. The number of carbonyl (C=O) groups excluding carboxylic acids is 1. The maximum absolute atomic E-state index is 13.2. The van der Waals surface area contributed by atoms with E-state index in [0.717, 1.165) is 47.8 Å².